The zero-order valence-electron chi connectivity index (χ0n) is 16.7. The molecule has 0 bridgehead atoms. The monoisotopic (exact) mass is 395 g/mol. The fraction of sp³-hybridized carbons (Fsp3) is 0.364. The van der Waals surface area contributed by atoms with Gasteiger partial charge in [-0.15, -0.1) is 0 Å². The number of hydrogen-bond acceptors (Lipinski definition) is 4. The van der Waals surface area contributed by atoms with Crippen LogP contribution in [0.25, 0.3) is 11.0 Å². The molecule has 2 atom stereocenters. The third-order valence-corrected chi connectivity index (χ3v) is 5.70. The van der Waals surface area contributed by atoms with Crippen LogP contribution in [0.2, 0.25) is 0 Å². The molecule has 152 valence electrons. The Bertz CT molecular complexity index is 1020. The highest BCUT2D eigenvalue weighted by Crippen LogP contribution is 2.29. The summed E-state index contributed by atoms with van der Waals surface area (Å²) in [7, 11) is 1.63. The summed E-state index contributed by atoms with van der Waals surface area (Å²) in [6.07, 6.45) is 5.33. The van der Waals surface area contributed by atoms with Gasteiger partial charge < -0.3 is 15.6 Å². The Morgan fingerprint density at radius 1 is 1.38 bits per heavy atom. The smallest absolute Gasteiger partial charge is 0.254 e. The van der Waals surface area contributed by atoms with Crippen LogP contribution in [-0.4, -0.2) is 46.5 Å². The molecule has 29 heavy (non-hydrogen) atoms. The Morgan fingerprint density at radius 3 is 3.00 bits per heavy atom. The minimum Gasteiger partial charge on any atom is -0.381 e. The molecule has 3 aromatic rings. The van der Waals surface area contributed by atoms with Crippen LogP contribution in [0.4, 0.5) is 10.1 Å². The maximum Gasteiger partial charge on any atom is 0.254 e. The van der Waals surface area contributed by atoms with Crippen molar-refractivity contribution in [3.05, 3.63) is 59.7 Å². The zero-order chi connectivity index (χ0) is 20.4. The lowest BCUT2D eigenvalue weighted by atomic mass is 9.96. The molecule has 1 aliphatic rings. The molecule has 0 spiro atoms. The molecule has 1 aliphatic heterocycles. The number of anilines is 1. The number of benzene rings is 1. The molecule has 6 nitrogen and oxygen atoms in total. The first kappa shape index (κ1) is 19.4. The highest BCUT2D eigenvalue weighted by molar-refractivity contribution is 6.06. The van der Waals surface area contributed by atoms with Crippen LogP contribution in [0.1, 0.15) is 35.7 Å². The molecule has 1 amide bonds. The molecule has 0 unspecified atom stereocenters. The summed E-state index contributed by atoms with van der Waals surface area (Å²) in [5.74, 6) is -0.346. The molecular weight excluding hydrogens is 369 g/mol. The first-order valence-electron chi connectivity index (χ1n) is 9.98. The van der Waals surface area contributed by atoms with Crippen LogP contribution < -0.4 is 10.6 Å². The van der Waals surface area contributed by atoms with E-state index in [1.54, 1.807) is 25.4 Å². The van der Waals surface area contributed by atoms with Gasteiger partial charge in [0.1, 0.15) is 11.5 Å². The summed E-state index contributed by atoms with van der Waals surface area (Å²) in [6, 6.07) is 9.34. The van der Waals surface area contributed by atoms with Crippen molar-refractivity contribution in [2.75, 3.05) is 18.9 Å². The minimum absolute atomic E-state index is 0.153. The highest BCUT2D eigenvalue weighted by atomic mass is 19.1. The van der Waals surface area contributed by atoms with Crippen molar-refractivity contribution in [2.45, 2.75) is 38.4 Å². The maximum absolute atomic E-state index is 13.5. The Labute approximate surface area is 169 Å². The molecule has 0 saturated carbocycles. The number of halogens is 1. The average Bonchev–Trinajstić information content (AvgIpc) is 3.19. The lowest BCUT2D eigenvalue weighted by Crippen LogP contribution is -2.44. The van der Waals surface area contributed by atoms with E-state index >= 15 is 0 Å². The van der Waals surface area contributed by atoms with Crippen LogP contribution in [-0.2, 0) is 6.54 Å². The number of amides is 1. The maximum atomic E-state index is 13.5. The second-order valence-electron chi connectivity index (χ2n) is 7.68. The van der Waals surface area contributed by atoms with Crippen LogP contribution in [0.3, 0.4) is 0 Å². The van der Waals surface area contributed by atoms with Crippen molar-refractivity contribution in [1.82, 2.24) is 20.2 Å². The summed E-state index contributed by atoms with van der Waals surface area (Å²) in [4.78, 5) is 22.2. The number of pyridine rings is 1. The van der Waals surface area contributed by atoms with Crippen LogP contribution in [0.5, 0.6) is 0 Å². The number of hydrogen-bond donors (Lipinski definition) is 3. The third kappa shape index (κ3) is 4.10. The lowest BCUT2D eigenvalue weighted by molar-refractivity contribution is 0.0963. The first-order chi connectivity index (χ1) is 14.0. The fourth-order valence-electron chi connectivity index (χ4n) is 4.13. The first-order valence-corrected chi connectivity index (χ1v) is 9.98. The normalized spacial score (nSPS) is 20.0. The molecule has 1 fully saturated rings. The number of carbonyl (C=O) groups is 1. The number of piperidine rings is 1. The summed E-state index contributed by atoms with van der Waals surface area (Å²) in [6.45, 7) is 3.85. The molecule has 4 rings (SSSR count). The number of nitrogens with zero attached hydrogens (tertiary/aromatic N) is 2. The Balaban J connectivity index is 1.49. The molecule has 2 aromatic heterocycles. The van der Waals surface area contributed by atoms with Crippen molar-refractivity contribution < 1.29 is 9.18 Å². The lowest BCUT2D eigenvalue weighted by Gasteiger charge is -2.38. The highest BCUT2D eigenvalue weighted by Gasteiger charge is 2.27. The average molecular weight is 395 g/mol. The van der Waals surface area contributed by atoms with Crippen molar-refractivity contribution in [3.63, 3.8) is 0 Å². The zero-order valence-corrected chi connectivity index (χ0v) is 16.7. The summed E-state index contributed by atoms with van der Waals surface area (Å²) >= 11 is 0. The number of aromatic nitrogens is 2. The van der Waals surface area contributed by atoms with E-state index in [0.29, 0.717) is 11.6 Å². The van der Waals surface area contributed by atoms with Crippen molar-refractivity contribution in [2.24, 2.45) is 0 Å². The van der Waals surface area contributed by atoms with E-state index in [2.05, 4.69) is 32.4 Å². The predicted octanol–water partition coefficient (Wildman–Crippen LogP) is 3.53. The van der Waals surface area contributed by atoms with Gasteiger partial charge in [-0.1, -0.05) is 12.1 Å². The number of carbonyl (C=O) groups excluding carboxylic acids is 1. The van der Waals surface area contributed by atoms with Gasteiger partial charge in [0.2, 0.25) is 0 Å². The SMILES string of the molecule is CNC(=O)c1cnc2[nH]ccc2c1N[C@@H]1CCN(Cc2cccc(F)c2)[C@H](C)C1. The number of likely N-dealkylation sites (tertiary alicyclic amines) is 1. The van der Waals surface area contributed by atoms with E-state index < -0.39 is 0 Å². The van der Waals surface area contributed by atoms with Gasteiger partial charge in [-0.2, -0.15) is 0 Å². The van der Waals surface area contributed by atoms with Gasteiger partial charge in [-0.05, 0) is 43.5 Å². The van der Waals surface area contributed by atoms with Gasteiger partial charge in [-0.3, -0.25) is 9.69 Å². The predicted molar refractivity (Wildman–Crippen MR) is 112 cm³/mol. The van der Waals surface area contributed by atoms with E-state index in [1.165, 1.54) is 6.07 Å². The fourth-order valence-corrected chi connectivity index (χ4v) is 4.13. The minimum atomic E-state index is -0.193. The molecule has 7 heteroatoms. The number of aromatic amines is 1. The number of rotatable bonds is 5. The molecular formula is C22H26FN5O. The Hall–Kier alpha value is -2.93. The Morgan fingerprint density at radius 2 is 2.24 bits per heavy atom. The largest absolute Gasteiger partial charge is 0.381 e. The molecule has 3 heterocycles. The molecule has 3 N–H and O–H groups in total. The van der Waals surface area contributed by atoms with Gasteiger partial charge >= 0.3 is 0 Å². The van der Waals surface area contributed by atoms with Crippen LogP contribution in [0.15, 0.2) is 42.7 Å². The second-order valence-corrected chi connectivity index (χ2v) is 7.68. The number of nitrogens with one attached hydrogen (secondary N) is 3. The van der Waals surface area contributed by atoms with Crippen LogP contribution in [0, 0.1) is 5.82 Å². The molecule has 0 aliphatic carbocycles. The third-order valence-electron chi connectivity index (χ3n) is 5.70. The van der Waals surface area contributed by atoms with Crippen LogP contribution >= 0.6 is 0 Å². The Kier molecular flexibility index (Phi) is 5.49. The molecule has 1 aromatic carbocycles. The summed E-state index contributed by atoms with van der Waals surface area (Å²) in [5.41, 5.74) is 3.13. The van der Waals surface area contributed by atoms with E-state index in [9.17, 15) is 9.18 Å². The van der Waals surface area contributed by atoms with E-state index in [-0.39, 0.29) is 17.8 Å². The number of fused-ring (bicyclic) bond motifs is 1. The van der Waals surface area contributed by atoms with Crippen molar-refractivity contribution >= 4 is 22.6 Å². The second kappa shape index (κ2) is 8.21. The van der Waals surface area contributed by atoms with Gasteiger partial charge in [0, 0.05) is 50.0 Å². The standard InChI is InChI=1S/C22H26FN5O/c1-14-10-17(7-9-28(14)13-15-4-3-5-16(23)11-15)27-20-18-6-8-25-21(18)26-12-19(20)22(29)24-2/h3-6,8,11-12,14,17H,7,9-10,13H2,1-2H3,(H,24,29)(H2,25,26,27)/t14-,17-/m1/s1. The summed E-state index contributed by atoms with van der Waals surface area (Å²) in [5, 5.41) is 7.22. The van der Waals surface area contributed by atoms with Crippen molar-refractivity contribution in [1.29, 1.82) is 0 Å². The topological polar surface area (TPSA) is 73.0 Å². The van der Waals surface area contributed by atoms with Gasteiger partial charge in [-0.25, -0.2) is 9.37 Å². The summed E-state index contributed by atoms with van der Waals surface area (Å²) < 4.78 is 13.5. The van der Waals surface area contributed by atoms with E-state index in [1.807, 2.05) is 18.3 Å². The van der Waals surface area contributed by atoms with Gasteiger partial charge in [0.25, 0.3) is 5.91 Å². The molecule has 1 saturated heterocycles. The number of H-pyrrole nitrogens is 1. The van der Waals surface area contributed by atoms with E-state index in [4.69, 9.17) is 0 Å². The quantitative estimate of drug-likeness (QED) is 0.618. The van der Waals surface area contributed by atoms with E-state index in [0.717, 1.165) is 48.2 Å². The molecule has 0 radical (unpaired) electrons. The van der Waals surface area contributed by atoms with Crippen molar-refractivity contribution in [3.8, 4) is 0 Å². The van der Waals surface area contributed by atoms with Gasteiger partial charge in [0.15, 0.2) is 0 Å². The van der Waals surface area contributed by atoms with Gasteiger partial charge in [0.05, 0.1) is 11.3 Å².